The molecule has 3 aromatic heterocycles. The second kappa shape index (κ2) is 9.74. The van der Waals surface area contributed by atoms with Crippen molar-refractivity contribution in [3.05, 3.63) is 71.7 Å². The number of ether oxygens (including phenoxy) is 1. The number of anilines is 1. The van der Waals surface area contributed by atoms with Gasteiger partial charge in [0.1, 0.15) is 17.4 Å². The van der Waals surface area contributed by atoms with E-state index in [4.69, 9.17) is 10.5 Å². The number of benzene rings is 1. The van der Waals surface area contributed by atoms with E-state index in [1.54, 1.807) is 10.7 Å². The average Bonchev–Trinajstić information content (AvgIpc) is 3.06. The Labute approximate surface area is 204 Å². The summed E-state index contributed by atoms with van der Waals surface area (Å²) in [5.41, 5.74) is 11.0. The summed E-state index contributed by atoms with van der Waals surface area (Å²) < 4.78 is 7.18. The highest BCUT2D eigenvalue weighted by molar-refractivity contribution is 5.97. The molecule has 1 saturated carbocycles. The lowest BCUT2D eigenvalue weighted by Gasteiger charge is -2.22. The van der Waals surface area contributed by atoms with Gasteiger partial charge < -0.3 is 15.8 Å². The van der Waals surface area contributed by atoms with Gasteiger partial charge in [0, 0.05) is 17.8 Å². The quantitative estimate of drug-likeness (QED) is 0.415. The van der Waals surface area contributed by atoms with Crippen molar-refractivity contribution in [1.82, 2.24) is 24.9 Å². The Balaban J connectivity index is 1.43. The monoisotopic (exact) mass is 470 g/mol. The van der Waals surface area contributed by atoms with Crippen LogP contribution >= 0.6 is 0 Å². The lowest BCUT2D eigenvalue weighted by Crippen LogP contribution is -2.35. The van der Waals surface area contributed by atoms with E-state index in [-0.39, 0.29) is 11.9 Å². The Hall–Kier alpha value is -3.94. The Morgan fingerprint density at radius 2 is 1.94 bits per heavy atom. The average molecular weight is 471 g/mol. The first-order valence-electron chi connectivity index (χ1n) is 12.0. The highest BCUT2D eigenvalue weighted by Crippen LogP contribution is 2.33. The van der Waals surface area contributed by atoms with Crippen LogP contribution in [0.2, 0.25) is 0 Å². The number of hydrogen-bond donors (Lipinski definition) is 2. The normalized spacial score (nSPS) is 18.2. The van der Waals surface area contributed by atoms with Crippen LogP contribution in [-0.4, -0.2) is 38.6 Å². The van der Waals surface area contributed by atoms with Crippen LogP contribution in [0.5, 0.6) is 5.88 Å². The van der Waals surface area contributed by atoms with Crippen LogP contribution in [0.4, 0.5) is 5.82 Å². The molecule has 0 aliphatic heterocycles. The van der Waals surface area contributed by atoms with Crippen molar-refractivity contribution >= 4 is 17.2 Å². The van der Waals surface area contributed by atoms with Gasteiger partial charge in [-0.15, -0.1) is 0 Å². The standard InChI is InChI=1S/C27H30N6O2/c1-17-12-23(33-24(17)25(28)30-16-31-33)20-14-22(27(35-2)29-15-20)26(34)32-21-11-7-6-10-19(13-21)18-8-4-3-5-9-18/h3-5,8-9,12,14-16,19,21H,6-7,10-11,13H2,1-2H3,(H,32,34)(H2,28,30,31). The summed E-state index contributed by atoms with van der Waals surface area (Å²) in [6.07, 6.45) is 8.39. The molecule has 35 heavy (non-hydrogen) atoms. The number of amides is 1. The van der Waals surface area contributed by atoms with Gasteiger partial charge in [-0.3, -0.25) is 4.79 Å². The van der Waals surface area contributed by atoms with Gasteiger partial charge in [0.05, 0.1) is 12.8 Å². The lowest BCUT2D eigenvalue weighted by molar-refractivity contribution is 0.0928. The van der Waals surface area contributed by atoms with Crippen LogP contribution in [0.15, 0.2) is 55.0 Å². The molecule has 0 spiro atoms. The van der Waals surface area contributed by atoms with E-state index < -0.39 is 0 Å². The number of aromatic nitrogens is 4. The largest absolute Gasteiger partial charge is 0.480 e. The van der Waals surface area contributed by atoms with E-state index in [9.17, 15) is 4.79 Å². The number of nitrogens with one attached hydrogen (secondary N) is 1. The maximum Gasteiger partial charge on any atom is 0.257 e. The molecule has 2 atom stereocenters. The SMILES string of the molecule is COc1ncc(-c2cc(C)c3c(N)ncnn23)cc1C(=O)NC1CCCCC(c2ccccc2)C1. The van der Waals surface area contributed by atoms with Gasteiger partial charge in [0.15, 0.2) is 5.82 Å². The second-order valence-corrected chi connectivity index (χ2v) is 9.20. The first-order valence-corrected chi connectivity index (χ1v) is 12.0. The Bertz CT molecular complexity index is 1350. The van der Waals surface area contributed by atoms with Gasteiger partial charge in [0.2, 0.25) is 5.88 Å². The Morgan fingerprint density at radius 3 is 2.74 bits per heavy atom. The molecular weight excluding hydrogens is 440 g/mol. The molecule has 0 bridgehead atoms. The molecule has 180 valence electrons. The predicted molar refractivity (Wildman–Crippen MR) is 135 cm³/mol. The minimum Gasteiger partial charge on any atom is -0.480 e. The summed E-state index contributed by atoms with van der Waals surface area (Å²) in [6, 6.07) is 14.5. The molecule has 1 aromatic carbocycles. The van der Waals surface area contributed by atoms with E-state index >= 15 is 0 Å². The van der Waals surface area contributed by atoms with Gasteiger partial charge in [-0.25, -0.2) is 14.5 Å². The molecule has 1 fully saturated rings. The van der Waals surface area contributed by atoms with Crippen molar-refractivity contribution < 1.29 is 9.53 Å². The highest BCUT2D eigenvalue weighted by Gasteiger charge is 2.25. The zero-order valence-electron chi connectivity index (χ0n) is 20.1. The molecule has 1 amide bonds. The number of hydrogen-bond acceptors (Lipinski definition) is 6. The lowest BCUT2D eigenvalue weighted by atomic mass is 9.90. The van der Waals surface area contributed by atoms with Gasteiger partial charge in [-0.1, -0.05) is 43.2 Å². The number of rotatable bonds is 5. The Kier molecular flexibility index (Phi) is 6.35. The van der Waals surface area contributed by atoms with E-state index in [0.717, 1.165) is 54.4 Å². The smallest absolute Gasteiger partial charge is 0.257 e. The fourth-order valence-corrected chi connectivity index (χ4v) is 5.16. The number of aryl methyl sites for hydroxylation is 1. The number of nitrogens with two attached hydrogens (primary N) is 1. The molecule has 1 aliphatic rings. The van der Waals surface area contributed by atoms with Crippen molar-refractivity contribution in [2.75, 3.05) is 12.8 Å². The number of carbonyl (C=O) groups is 1. The number of nitrogen functional groups attached to an aromatic ring is 1. The predicted octanol–water partition coefficient (Wildman–Crippen LogP) is 4.54. The molecule has 8 heteroatoms. The molecule has 0 saturated heterocycles. The summed E-state index contributed by atoms with van der Waals surface area (Å²) in [6.45, 7) is 1.96. The third kappa shape index (κ3) is 4.56. The van der Waals surface area contributed by atoms with Crippen LogP contribution in [0.3, 0.4) is 0 Å². The molecule has 2 unspecified atom stereocenters. The van der Waals surface area contributed by atoms with Crippen LogP contribution < -0.4 is 15.8 Å². The molecule has 4 aromatic rings. The minimum absolute atomic E-state index is 0.0903. The third-order valence-corrected chi connectivity index (χ3v) is 6.89. The van der Waals surface area contributed by atoms with Gasteiger partial charge in [-0.05, 0) is 55.4 Å². The van der Waals surface area contributed by atoms with Crippen LogP contribution in [0.25, 0.3) is 16.8 Å². The van der Waals surface area contributed by atoms with E-state index in [0.29, 0.717) is 23.2 Å². The van der Waals surface area contributed by atoms with Gasteiger partial charge in [0.25, 0.3) is 5.91 Å². The molecule has 1 aliphatic carbocycles. The third-order valence-electron chi connectivity index (χ3n) is 6.89. The second-order valence-electron chi connectivity index (χ2n) is 9.20. The number of pyridine rings is 1. The van der Waals surface area contributed by atoms with Crippen LogP contribution in [0, 0.1) is 6.92 Å². The zero-order chi connectivity index (χ0) is 24.4. The molecular formula is C27H30N6O2. The first-order chi connectivity index (χ1) is 17.0. The van der Waals surface area contributed by atoms with Crippen LogP contribution in [0.1, 0.15) is 59.5 Å². The van der Waals surface area contributed by atoms with E-state index in [1.165, 1.54) is 19.0 Å². The fourth-order valence-electron chi connectivity index (χ4n) is 5.16. The van der Waals surface area contributed by atoms with E-state index in [2.05, 4.69) is 44.6 Å². The molecule has 3 heterocycles. The molecule has 8 nitrogen and oxygen atoms in total. The minimum atomic E-state index is -0.179. The van der Waals surface area contributed by atoms with Crippen molar-refractivity contribution in [3.63, 3.8) is 0 Å². The maximum absolute atomic E-state index is 13.5. The number of fused-ring (bicyclic) bond motifs is 1. The van der Waals surface area contributed by atoms with Crippen molar-refractivity contribution in [3.8, 4) is 17.1 Å². The number of carbonyl (C=O) groups excluding carboxylic acids is 1. The first kappa shape index (κ1) is 22.8. The zero-order valence-corrected chi connectivity index (χ0v) is 20.1. The number of methoxy groups -OCH3 is 1. The summed E-state index contributed by atoms with van der Waals surface area (Å²) >= 11 is 0. The van der Waals surface area contributed by atoms with Crippen molar-refractivity contribution in [1.29, 1.82) is 0 Å². The molecule has 5 rings (SSSR count). The summed E-state index contributed by atoms with van der Waals surface area (Å²) in [4.78, 5) is 22.0. The van der Waals surface area contributed by atoms with Crippen molar-refractivity contribution in [2.45, 2.75) is 51.0 Å². The number of nitrogens with zero attached hydrogens (tertiary/aromatic N) is 4. The van der Waals surface area contributed by atoms with Gasteiger partial charge in [-0.2, -0.15) is 5.10 Å². The summed E-state index contributed by atoms with van der Waals surface area (Å²) in [7, 11) is 1.53. The van der Waals surface area contributed by atoms with Crippen LogP contribution in [-0.2, 0) is 0 Å². The highest BCUT2D eigenvalue weighted by atomic mass is 16.5. The molecule has 3 N–H and O–H groups in total. The Morgan fingerprint density at radius 1 is 1.14 bits per heavy atom. The van der Waals surface area contributed by atoms with Crippen molar-refractivity contribution in [2.24, 2.45) is 0 Å². The fraction of sp³-hybridized carbons (Fsp3) is 0.333. The van der Waals surface area contributed by atoms with Gasteiger partial charge >= 0.3 is 0 Å². The summed E-state index contributed by atoms with van der Waals surface area (Å²) in [5.74, 6) is 0.966. The topological polar surface area (TPSA) is 107 Å². The maximum atomic E-state index is 13.5. The molecule has 0 radical (unpaired) electrons. The summed E-state index contributed by atoms with van der Waals surface area (Å²) in [5, 5.41) is 7.63. The van der Waals surface area contributed by atoms with E-state index in [1.807, 2.05) is 25.1 Å².